The van der Waals surface area contributed by atoms with Crippen LogP contribution in [0, 0.1) is 6.92 Å². The van der Waals surface area contributed by atoms with E-state index in [1.807, 2.05) is 19.1 Å². The predicted molar refractivity (Wildman–Crippen MR) is 57.7 cm³/mol. The van der Waals surface area contributed by atoms with Gasteiger partial charge in [-0.3, -0.25) is 9.78 Å². The standard InChI is InChI=1S/C10H10N2OS/c1-6-3-8-9(14-6)4-7(5-12-8)10(13)11-2/h3-5H,1-2H3,(H,11,13). The summed E-state index contributed by atoms with van der Waals surface area (Å²) in [5.41, 5.74) is 1.57. The molecule has 1 amide bonds. The van der Waals surface area contributed by atoms with E-state index in [1.54, 1.807) is 24.6 Å². The van der Waals surface area contributed by atoms with E-state index < -0.39 is 0 Å². The van der Waals surface area contributed by atoms with Crippen molar-refractivity contribution in [1.82, 2.24) is 10.3 Å². The molecule has 0 radical (unpaired) electrons. The number of amides is 1. The number of hydrogen-bond donors (Lipinski definition) is 1. The van der Waals surface area contributed by atoms with Gasteiger partial charge in [-0.1, -0.05) is 0 Å². The maximum Gasteiger partial charge on any atom is 0.252 e. The van der Waals surface area contributed by atoms with Gasteiger partial charge in [-0.2, -0.15) is 0 Å². The lowest BCUT2D eigenvalue weighted by Gasteiger charge is -1.97. The van der Waals surface area contributed by atoms with Crippen LogP contribution in [-0.2, 0) is 0 Å². The maximum atomic E-state index is 11.3. The summed E-state index contributed by atoms with van der Waals surface area (Å²) in [6.07, 6.45) is 1.60. The van der Waals surface area contributed by atoms with Gasteiger partial charge in [0.05, 0.1) is 15.8 Å². The Bertz CT molecular complexity index is 490. The SMILES string of the molecule is CNC(=O)c1cnc2cc(C)sc2c1. The van der Waals surface area contributed by atoms with Crippen molar-refractivity contribution >= 4 is 27.5 Å². The van der Waals surface area contributed by atoms with Crippen LogP contribution in [0.15, 0.2) is 18.3 Å². The van der Waals surface area contributed by atoms with Crippen LogP contribution < -0.4 is 5.32 Å². The minimum atomic E-state index is -0.0922. The summed E-state index contributed by atoms with van der Waals surface area (Å²) < 4.78 is 1.06. The number of nitrogens with zero attached hydrogens (tertiary/aromatic N) is 1. The zero-order chi connectivity index (χ0) is 10.1. The molecule has 0 atom stereocenters. The predicted octanol–water partition coefficient (Wildman–Crippen LogP) is 1.96. The third kappa shape index (κ3) is 1.48. The highest BCUT2D eigenvalue weighted by atomic mass is 32.1. The van der Waals surface area contributed by atoms with E-state index in [2.05, 4.69) is 10.3 Å². The molecule has 0 aliphatic carbocycles. The number of rotatable bonds is 1. The van der Waals surface area contributed by atoms with Crippen molar-refractivity contribution in [3.63, 3.8) is 0 Å². The third-order valence-electron chi connectivity index (χ3n) is 1.98. The first-order valence-electron chi connectivity index (χ1n) is 4.29. The Labute approximate surface area is 85.8 Å². The minimum Gasteiger partial charge on any atom is -0.355 e. The fourth-order valence-corrected chi connectivity index (χ4v) is 2.23. The number of carbonyl (C=O) groups is 1. The molecule has 0 fully saturated rings. The number of aryl methyl sites for hydroxylation is 1. The number of fused-ring (bicyclic) bond motifs is 1. The Morgan fingerprint density at radius 2 is 2.29 bits per heavy atom. The van der Waals surface area contributed by atoms with Crippen molar-refractivity contribution in [2.24, 2.45) is 0 Å². The van der Waals surface area contributed by atoms with Crippen molar-refractivity contribution in [2.75, 3.05) is 7.05 Å². The summed E-state index contributed by atoms with van der Waals surface area (Å²) in [6, 6.07) is 3.90. The number of pyridine rings is 1. The van der Waals surface area contributed by atoms with E-state index >= 15 is 0 Å². The highest BCUT2D eigenvalue weighted by molar-refractivity contribution is 7.18. The first-order valence-corrected chi connectivity index (χ1v) is 5.10. The van der Waals surface area contributed by atoms with Crippen LogP contribution in [0.5, 0.6) is 0 Å². The van der Waals surface area contributed by atoms with Crippen LogP contribution in [-0.4, -0.2) is 17.9 Å². The molecule has 2 rings (SSSR count). The van der Waals surface area contributed by atoms with Gasteiger partial charge in [0.15, 0.2) is 0 Å². The number of aromatic nitrogens is 1. The van der Waals surface area contributed by atoms with Crippen LogP contribution in [0.2, 0.25) is 0 Å². The van der Waals surface area contributed by atoms with E-state index in [-0.39, 0.29) is 5.91 Å². The lowest BCUT2D eigenvalue weighted by atomic mass is 10.2. The van der Waals surface area contributed by atoms with E-state index in [4.69, 9.17) is 0 Å². The van der Waals surface area contributed by atoms with Crippen molar-refractivity contribution in [3.8, 4) is 0 Å². The number of thiophene rings is 1. The lowest BCUT2D eigenvalue weighted by Crippen LogP contribution is -2.17. The molecule has 0 unspecified atom stereocenters. The van der Waals surface area contributed by atoms with E-state index in [1.165, 1.54) is 4.88 Å². The molecule has 0 spiro atoms. The van der Waals surface area contributed by atoms with Crippen molar-refractivity contribution < 1.29 is 4.79 Å². The summed E-state index contributed by atoms with van der Waals surface area (Å²) in [4.78, 5) is 16.7. The Kier molecular flexibility index (Phi) is 2.21. The summed E-state index contributed by atoms with van der Waals surface area (Å²) in [5.74, 6) is -0.0922. The van der Waals surface area contributed by atoms with E-state index in [0.717, 1.165) is 10.2 Å². The second-order valence-corrected chi connectivity index (χ2v) is 4.33. The van der Waals surface area contributed by atoms with Crippen LogP contribution in [0.3, 0.4) is 0 Å². The summed E-state index contributed by atoms with van der Waals surface area (Å²) in [5, 5.41) is 2.58. The molecule has 2 heterocycles. The molecule has 0 saturated carbocycles. The average Bonchev–Trinajstić information content (AvgIpc) is 2.55. The first-order chi connectivity index (χ1) is 6.70. The highest BCUT2D eigenvalue weighted by Crippen LogP contribution is 2.23. The van der Waals surface area contributed by atoms with Crippen LogP contribution in [0.1, 0.15) is 15.2 Å². The molecular weight excluding hydrogens is 196 g/mol. The van der Waals surface area contributed by atoms with Gasteiger partial charge < -0.3 is 5.32 Å². The summed E-state index contributed by atoms with van der Waals surface area (Å²) in [6.45, 7) is 2.03. The van der Waals surface area contributed by atoms with E-state index in [0.29, 0.717) is 5.56 Å². The summed E-state index contributed by atoms with van der Waals surface area (Å²) in [7, 11) is 1.62. The van der Waals surface area contributed by atoms with Gasteiger partial charge in [0.1, 0.15) is 0 Å². The highest BCUT2D eigenvalue weighted by Gasteiger charge is 2.06. The van der Waals surface area contributed by atoms with Crippen molar-refractivity contribution in [3.05, 3.63) is 28.8 Å². The molecule has 4 heteroatoms. The summed E-state index contributed by atoms with van der Waals surface area (Å²) >= 11 is 1.65. The first kappa shape index (κ1) is 9.15. The zero-order valence-electron chi connectivity index (χ0n) is 8.00. The van der Waals surface area contributed by atoms with Gasteiger partial charge in [-0.05, 0) is 19.1 Å². The second-order valence-electron chi connectivity index (χ2n) is 3.04. The maximum absolute atomic E-state index is 11.3. The van der Waals surface area contributed by atoms with Crippen molar-refractivity contribution in [1.29, 1.82) is 0 Å². The molecule has 0 aliphatic heterocycles. The molecule has 0 aliphatic rings. The normalized spacial score (nSPS) is 10.4. The van der Waals surface area contributed by atoms with Gasteiger partial charge in [0, 0.05) is 18.1 Å². The fraction of sp³-hybridized carbons (Fsp3) is 0.200. The Morgan fingerprint density at radius 3 is 3.00 bits per heavy atom. The topological polar surface area (TPSA) is 42.0 Å². The van der Waals surface area contributed by atoms with E-state index in [9.17, 15) is 4.79 Å². The average molecular weight is 206 g/mol. The quantitative estimate of drug-likeness (QED) is 0.775. The molecule has 0 aromatic carbocycles. The third-order valence-corrected chi connectivity index (χ3v) is 2.97. The number of nitrogens with one attached hydrogen (secondary N) is 1. The molecule has 1 N–H and O–H groups in total. The van der Waals surface area contributed by atoms with Gasteiger partial charge in [-0.15, -0.1) is 11.3 Å². The number of carbonyl (C=O) groups excluding carboxylic acids is 1. The minimum absolute atomic E-state index is 0.0922. The Hall–Kier alpha value is -1.42. The molecule has 14 heavy (non-hydrogen) atoms. The van der Waals surface area contributed by atoms with Gasteiger partial charge >= 0.3 is 0 Å². The largest absolute Gasteiger partial charge is 0.355 e. The molecule has 0 bridgehead atoms. The fourth-order valence-electron chi connectivity index (χ4n) is 1.31. The molecule has 0 saturated heterocycles. The molecule has 3 nitrogen and oxygen atoms in total. The molecule has 2 aromatic heterocycles. The zero-order valence-corrected chi connectivity index (χ0v) is 8.81. The van der Waals surface area contributed by atoms with Gasteiger partial charge in [0.2, 0.25) is 0 Å². The van der Waals surface area contributed by atoms with Gasteiger partial charge in [-0.25, -0.2) is 0 Å². The molecular formula is C10H10N2OS. The Morgan fingerprint density at radius 1 is 1.50 bits per heavy atom. The van der Waals surface area contributed by atoms with Crippen LogP contribution >= 0.6 is 11.3 Å². The smallest absolute Gasteiger partial charge is 0.252 e. The molecule has 72 valence electrons. The monoisotopic (exact) mass is 206 g/mol. The number of hydrogen-bond acceptors (Lipinski definition) is 3. The molecule has 2 aromatic rings. The van der Waals surface area contributed by atoms with Crippen LogP contribution in [0.25, 0.3) is 10.2 Å². The van der Waals surface area contributed by atoms with Crippen molar-refractivity contribution in [2.45, 2.75) is 6.92 Å². The Balaban J connectivity index is 2.55. The second kappa shape index (κ2) is 3.38. The lowest BCUT2D eigenvalue weighted by molar-refractivity contribution is 0.0963. The van der Waals surface area contributed by atoms with Gasteiger partial charge in [0.25, 0.3) is 5.91 Å². The van der Waals surface area contributed by atoms with Crippen LogP contribution in [0.4, 0.5) is 0 Å².